The number of methoxy groups -OCH3 is 1. The van der Waals surface area contributed by atoms with Crippen LogP contribution in [-0.2, 0) is 9.47 Å². The van der Waals surface area contributed by atoms with Crippen LogP contribution in [0.25, 0.3) is 0 Å². The van der Waals surface area contributed by atoms with Crippen LogP contribution in [0.5, 0.6) is 5.75 Å². The van der Waals surface area contributed by atoms with Crippen LogP contribution in [0.15, 0.2) is 24.3 Å². The minimum Gasteiger partial charge on any atom is -0.491 e. The molecular formula is C15H21NO4. The fourth-order valence-electron chi connectivity index (χ4n) is 2.06. The number of nitrogens with one attached hydrogen (secondary N) is 1. The number of ether oxygens (including phenoxy) is 3. The van der Waals surface area contributed by atoms with Crippen LogP contribution in [-0.4, -0.2) is 45.5 Å². The van der Waals surface area contributed by atoms with E-state index in [4.69, 9.17) is 14.2 Å². The van der Waals surface area contributed by atoms with E-state index in [2.05, 4.69) is 5.32 Å². The molecule has 1 aliphatic rings. The van der Waals surface area contributed by atoms with Gasteiger partial charge in [-0.1, -0.05) is 0 Å². The molecule has 1 fully saturated rings. The van der Waals surface area contributed by atoms with Gasteiger partial charge in [-0.3, -0.25) is 4.79 Å². The van der Waals surface area contributed by atoms with E-state index >= 15 is 0 Å². The molecule has 1 amide bonds. The standard InChI is InChI=1S/C15H21NO4/c1-18-9-10-20-13-6-4-12(5-7-13)15(17)16-11-14-3-2-8-19-14/h4-7,14H,2-3,8-11H2,1H3,(H,16,17). The first kappa shape index (κ1) is 14.8. The van der Waals surface area contributed by atoms with Gasteiger partial charge >= 0.3 is 0 Å². The zero-order chi connectivity index (χ0) is 14.2. The second-order valence-corrected chi connectivity index (χ2v) is 4.71. The van der Waals surface area contributed by atoms with Crippen LogP contribution < -0.4 is 10.1 Å². The summed E-state index contributed by atoms with van der Waals surface area (Å²) in [4.78, 5) is 11.9. The zero-order valence-corrected chi connectivity index (χ0v) is 11.8. The van der Waals surface area contributed by atoms with Crippen molar-refractivity contribution in [1.29, 1.82) is 0 Å². The summed E-state index contributed by atoms with van der Waals surface area (Å²) < 4.78 is 15.8. The van der Waals surface area contributed by atoms with Crippen molar-refractivity contribution >= 4 is 5.91 Å². The Morgan fingerprint density at radius 3 is 2.80 bits per heavy atom. The van der Waals surface area contributed by atoms with Crippen molar-refractivity contribution in [2.75, 3.05) is 33.5 Å². The average Bonchev–Trinajstić information content (AvgIpc) is 2.99. The molecule has 0 aromatic heterocycles. The van der Waals surface area contributed by atoms with Gasteiger partial charge in [0.15, 0.2) is 0 Å². The third-order valence-corrected chi connectivity index (χ3v) is 3.19. The Bertz CT molecular complexity index is 412. The van der Waals surface area contributed by atoms with E-state index in [1.165, 1.54) is 0 Å². The lowest BCUT2D eigenvalue weighted by Crippen LogP contribution is -2.31. The van der Waals surface area contributed by atoms with Gasteiger partial charge in [-0.2, -0.15) is 0 Å². The van der Waals surface area contributed by atoms with Crippen molar-refractivity contribution in [2.24, 2.45) is 0 Å². The van der Waals surface area contributed by atoms with Gasteiger partial charge < -0.3 is 19.5 Å². The molecule has 0 radical (unpaired) electrons. The van der Waals surface area contributed by atoms with Crippen LogP contribution >= 0.6 is 0 Å². The van der Waals surface area contributed by atoms with Crippen LogP contribution in [0.4, 0.5) is 0 Å². The molecule has 1 unspecified atom stereocenters. The fourth-order valence-corrected chi connectivity index (χ4v) is 2.06. The Hall–Kier alpha value is -1.59. The Morgan fingerprint density at radius 2 is 2.15 bits per heavy atom. The molecule has 0 aliphatic carbocycles. The Kier molecular flexibility index (Phi) is 5.83. The summed E-state index contributed by atoms with van der Waals surface area (Å²) in [6.07, 6.45) is 2.26. The Labute approximate surface area is 119 Å². The van der Waals surface area contributed by atoms with Crippen molar-refractivity contribution in [2.45, 2.75) is 18.9 Å². The molecule has 20 heavy (non-hydrogen) atoms. The van der Waals surface area contributed by atoms with Gasteiger partial charge in [0.05, 0.1) is 12.7 Å². The highest BCUT2D eigenvalue weighted by Gasteiger charge is 2.16. The topological polar surface area (TPSA) is 56.8 Å². The molecule has 1 aliphatic heterocycles. The van der Waals surface area contributed by atoms with Crippen LogP contribution in [0, 0.1) is 0 Å². The highest BCUT2D eigenvalue weighted by molar-refractivity contribution is 5.94. The third-order valence-electron chi connectivity index (χ3n) is 3.19. The monoisotopic (exact) mass is 279 g/mol. The molecule has 1 atom stereocenters. The van der Waals surface area contributed by atoms with Gasteiger partial charge in [0.1, 0.15) is 12.4 Å². The molecule has 0 saturated carbocycles. The maximum atomic E-state index is 11.9. The number of carbonyl (C=O) groups excluding carboxylic acids is 1. The van der Waals surface area contributed by atoms with Gasteiger partial charge in [0.2, 0.25) is 0 Å². The van der Waals surface area contributed by atoms with Crippen molar-refractivity contribution in [1.82, 2.24) is 5.32 Å². The van der Waals surface area contributed by atoms with Crippen molar-refractivity contribution in [3.05, 3.63) is 29.8 Å². The van der Waals surface area contributed by atoms with Gasteiger partial charge in [0.25, 0.3) is 5.91 Å². The number of hydrogen-bond donors (Lipinski definition) is 1. The molecule has 1 saturated heterocycles. The fraction of sp³-hybridized carbons (Fsp3) is 0.533. The molecular weight excluding hydrogens is 258 g/mol. The first-order valence-electron chi connectivity index (χ1n) is 6.91. The van der Waals surface area contributed by atoms with Gasteiger partial charge in [0, 0.05) is 25.8 Å². The Balaban J connectivity index is 1.77. The first-order valence-corrected chi connectivity index (χ1v) is 6.91. The normalized spacial score (nSPS) is 17.9. The maximum Gasteiger partial charge on any atom is 0.251 e. The van der Waals surface area contributed by atoms with E-state index in [1.807, 2.05) is 0 Å². The number of benzene rings is 1. The van der Waals surface area contributed by atoms with Gasteiger partial charge in [-0.25, -0.2) is 0 Å². The quantitative estimate of drug-likeness (QED) is 0.771. The molecule has 2 rings (SSSR count). The number of amides is 1. The summed E-state index contributed by atoms with van der Waals surface area (Å²) in [5.41, 5.74) is 0.627. The molecule has 5 nitrogen and oxygen atoms in total. The Morgan fingerprint density at radius 1 is 1.35 bits per heavy atom. The zero-order valence-electron chi connectivity index (χ0n) is 11.8. The van der Waals surface area contributed by atoms with Crippen molar-refractivity contribution in [3.63, 3.8) is 0 Å². The number of carbonyl (C=O) groups is 1. The van der Waals surface area contributed by atoms with Crippen molar-refractivity contribution in [3.8, 4) is 5.75 Å². The largest absolute Gasteiger partial charge is 0.491 e. The van der Waals surface area contributed by atoms with Crippen LogP contribution in [0.2, 0.25) is 0 Å². The summed E-state index contributed by atoms with van der Waals surface area (Å²) in [6, 6.07) is 7.09. The molecule has 0 spiro atoms. The second kappa shape index (κ2) is 7.87. The SMILES string of the molecule is COCCOc1ccc(C(=O)NCC2CCCO2)cc1. The van der Waals surface area contributed by atoms with E-state index in [1.54, 1.807) is 31.4 Å². The highest BCUT2D eigenvalue weighted by atomic mass is 16.5. The van der Waals surface area contributed by atoms with E-state index in [0.717, 1.165) is 25.2 Å². The molecule has 0 bridgehead atoms. The number of hydrogen-bond acceptors (Lipinski definition) is 4. The van der Waals surface area contributed by atoms with E-state index in [-0.39, 0.29) is 12.0 Å². The predicted octanol–water partition coefficient (Wildman–Crippen LogP) is 1.62. The van der Waals surface area contributed by atoms with Gasteiger partial charge in [-0.05, 0) is 37.1 Å². The first-order chi connectivity index (χ1) is 9.79. The molecule has 110 valence electrons. The summed E-state index contributed by atoms with van der Waals surface area (Å²) >= 11 is 0. The number of rotatable bonds is 7. The highest BCUT2D eigenvalue weighted by Crippen LogP contribution is 2.13. The summed E-state index contributed by atoms with van der Waals surface area (Å²) in [5.74, 6) is 0.654. The van der Waals surface area contributed by atoms with Gasteiger partial charge in [-0.15, -0.1) is 0 Å². The van der Waals surface area contributed by atoms with E-state index in [0.29, 0.717) is 25.3 Å². The van der Waals surface area contributed by atoms with E-state index < -0.39 is 0 Å². The lowest BCUT2D eigenvalue weighted by molar-refractivity contribution is 0.0857. The summed E-state index contributed by atoms with van der Waals surface area (Å²) in [6.45, 7) is 2.42. The minimum atomic E-state index is -0.0797. The average molecular weight is 279 g/mol. The lowest BCUT2D eigenvalue weighted by atomic mass is 10.2. The van der Waals surface area contributed by atoms with Crippen LogP contribution in [0.1, 0.15) is 23.2 Å². The van der Waals surface area contributed by atoms with Crippen molar-refractivity contribution < 1.29 is 19.0 Å². The maximum absolute atomic E-state index is 11.9. The third kappa shape index (κ3) is 4.51. The molecule has 1 aromatic carbocycles. The lowest BCUT2D eigenvalue weighted by Gasteiger charge is -2.11. The molecule has 1 aromatic rings. The minimum absolute atomic E-state index is 0.0797. The van der Waals surface area contributed by atoms with Crippen LogP contribution in [0.3, 0.4) is 0 Å². The second-order valence-electron chi connectivity index (χ2n) is 4.71. The molecule has 1 heterocycles. The molecule has 1 N–H and O–H groups in total. The smallest absolute Gasteiger partial charge is 0.251 e. The summed E-state index contributed by atoms with van der Waals surface area (Å²) in [5, 5.41) is 2.89. The summed E-state index contributed by atoms with van der Waals surface area (Å²) in [7, 11) is 1.63. The predicted molar refractivity (Wildman–Crippen MR) is 75.1 cm³/mol. The van der Waals surface area contributed by atoms with E-state index in [9.17, 15) is 4.79 Å². The molecule has 5 heteroatoms.